The number of aryl methyl sites for hydroxylation is 1. The molecule has 0 radical (unpaired) electrons. The fraction of sp³-hybridized carbons (Fsp3) is 0.200. The first-order valence-electron chi connectivity index (χ1n) is 8.38. The molecule has 0 N–H and O–H groups in total. The molecule has 4 nitrogen and oxygen atoms in total. The Labute approximate surface area is 162 Å². The van der Waals surface area contributed by atoms with Gasteiger partial charge < -0.3 is 4.90 Å². The number of hydrogen-bond acceptors (Lipinski definition) is 3. The molecule has 2 heterocycles. The van der Waals surface area contributed by atoms with Gasteiger partial charge in [0.2, 0.25) is 0 Å². The van der Waals surface area contributed by atoms with E-state index in [9.17, 15) is 0 Å². The molecule has 0 bridgehead atoms. The molecular weight excluding hydrogens is 367 g/mol. The highest BCUT2D eigenvalue weighted by molar-refractivity contribution is 6.42. The van der Waals surface area contributed by atoms with Crippen LogP contribution in [-0.4, -0.2) is 21.0 Å². The van der Waals surface area contributed by atoms with E-state index in [0.717, 1.165) is 29.2 Å². The second-order valence-corrected chi connectivity index (χ2v) is 7.34. The van der Waals surface area contributed by atoms with Gasteiger partial charge in [0.15, 0.2) is 5.82 Å². The molecule has 0 unspecified atom stereocenters. The quantitative estimate of drug-likeness (QED) is 0.599. The average molecular weight is 385 g/mol. The second-order valence-electron chi connectivity index (χ2n) is 6.52. The van der Waals surface area contributed by atoms with Crippen LogP contribution in [0.2, 0.25) is 10.0 Å². The van der Waals surface area contributed by atoms with Crippen LogP contribution in [0, 0.1) is 13.8 Å². The van der Waals surface area contributed by atoms with Gasteiger partial charge in [-0.05, 0) is 48.7 Å². The van der Waals surface area contributed by atoms with E-state index < -0.39 is 0 Å². The van der Waals surface area contributed by atoms with Gasteiger partial charge in [-0.3, -0.25) is 0 Å². The first kappa shape index (κ1) is 17.1. The molecule has 3 aromatic rings. The number of aliphatic imine (C=N–C) groups is 1. The molecular formula is C20H18Cl2N4. The molecule has 1 aliphatic heterocycles. The minimum atomic E-state index is 0.569. The van der Waals surface area contributed by atoms with Crippen molar-refractivity contribution in [2.75, 3.05) is 0 Å². The van der Waals surface area contributed by atoms with E-state index in [1.54, 1.807) is 0 Å². The van der Waals surface area contributed by atoms with E-state index in [2.05, 4.69) is 47.0 Å². The maximum atomic E-state index is 6.11. The van der Waals surface area contributed by atoms with Gasteiger partial charge in [-0.2, -0.15) is 5.10 Å². The minimum absolute atomic E-state index is 0.569. The maximum absolute atomic E-state index is 6.11. The van der Waals surface area contributed by atoms with Crippen molar-refractivity contribution in [2.45, 2.75) is 26.9 Å². The highest BCUT2D eigenvalue weighted by Crippen LogP contribution is 2.30. The van der Waals surface area contributed by atoms with Crippen LogP contribution in [-0.2, 0) is 13.1 Å². The van der Waals surface area contributed by atoms with Gasteiger partial charge in [0, 0.05) is 18.7 Å². The van der Waals surface area contributed by atoms with E-state index in [1.807, 2.05) is 35.4 Å². The van der Waals surface area contributed by atoms with Gasteiger partial charge in [-0.15, -0.1) is 0 Å². The van der Waals surface area contributed by atoms with Gasteiger partial charge in [-0.1, -0.05) is 41.4 Å². The van der Waals surface area contributed by atoms with Gasteiger partial charge in [-0.25, -0.2) is 9.67 Å². The molecule has 0 saturated heterocycles. The number of benzene rings is 2. The molecule has 2 aromatic carbocycles. The molecule has 26 heavy (non-hydrogen) atoms. The Morgan fingerprint density at radius 3 is 2.73 bits per heavy atom. The van der Waals surface area contributed by atoms with Crippen molar-refractivity contribution in [1.29, 1.82) is 0 Å². The molecule has 1 aromatic heterocycles. The fourth-order valence-electron chi connectivity index (χ4n) is 3.13. The molecule has 0 saturated carbocycles. The number of aromatic nitrogens is 2. The number of halogens is 2. The molecule has 0 aliphatic carbocycles. The Morgan fingerprint density at radius 2 is 1.92 bits per heavy atom. The summed E-state index contributed by atoms with van der Waals surface area (Å²) in [5.41, 5.74) is 5.73. The predicted molar refractivity (Wildman–Crippen MR) is 107 cm³/mol. The number of rotatable bonds is 3. The second kappa shape index (κ2) is 6.78. The van der Waals surface area contributed by atoms with Crippen LogP contribution in [0.25, 0.3) is 5.69 Å². The summed E-state index contributed by atoms with van der Waals surface area (Å²) in [4.78, 5) is 6.80. The van der Waals surface area contributed by atoms with E-state index in [4.69, 9.17) is 23.2 Å². The Bertz CT molecular complexity index is 1010. The van der Waals surface area contributed by atoms with Crippen molar-refractivity contribution >= 4 is 35.4 Å². The molecule has 6 heteroatoms. The predicted octanol–water partition coefficient (Wildman–Crippen LogP) is 5.47. The number of hydrogen-bond donors (Lipinski definition) is 0. The van der Waals surface area contributed by atoms with Crippen molar-refractivity contribution in [3.05, 3.63) is 74.9 Å². The van der Waals surface area contributed by atoms with Crippen LogP contribution in [0.15, 0.2) is 47.6 Å². The fourth-order valence-corrected chi connectivity index (χ4v) is 3.45. The van der Waals surface area contributed by atoms with E-state index >= 15 is 0 Å². The van der Waals surface area contributed by atoms with Crippen LogP contribution < -0.4 is 0 Å². The Hall–Kier alpha value is -2.30. The van der Waals surface area contributed by atoms with E-state index in [1.165, 1.54) is 11.1 Å². The van der Waals surface area contributed by atoms with Gasteiger partial charge in [0.25, 0.3) is 0 Å². The van der Waals surface area contributed by atoms with Crippen molar-refractivity contribution < 1.29 is 0 Å². The third-order valence-corrected chi connectivity index (χ3v) is 5.45. The third kappa shape index (κ3) is 3.11. The van der Waals surface area contributed by atoms with Gasteiger partial charge >= 0.3 is 0 Å². The first-order chi connectivity index (χ1) is 12.5. The zero-order valence-corrected chi connectivity index (χ0v) is 16.1. The summed E-state index contributed by atoms with van der Waals surface area (Å²) < 4.78 is 1.92. The SMILES string of the molecule is Cc1cccc(-n2ncc3c2N=CN(Cc2ccc(Cl)c(Cl)c2)C3)c1C. The van der Waals surface area contributed by atoms with Crippen molar-refractivity contribution in [2.24, 2.45) is 4.99 Å². The van der Waals surface area contributed by atoms with Crippen LogP contribution in [0.1, 0.15) is 22.3 Å². The number of fused-ring (bicyclic) bond motifs is 1. The molecule has 0 amide bonds. The van der Waals surface area contributed by atoms with Crippen LogP contribution in [0.5, 0.6) is 0 Å². The lowest BCUT2D eigenvalue weighted by atomic mass is 10.1. The summed E-state index contributed by atoms with van der Waals surface area (Å²) in [6, 6.07) is 11.9. The lowest BCUT2D eigenvalue weighted by molar-refractivity contribution is 0.414. The van der Waals surface area contributed by atoms with E-state index in [0.29, 0.717) is 16.6 Å². The topological polar surface area (TPSA) is 33.4 Å². The molecule has 4 rings (SSSR count). The minimum Gasteiger partial charge on any atom is -0.354 e. The van der Waals surface area contributed by atoms with Crippen LogP contribution in [0.3, 0.4) is 0 Å². The summed E-state index contributed by atoms with van der Waals surface area (Å²) in [6.45, 7) is 5.69. The largest absolute Gasteiger partial charge is 0.354 e. The zero-order valence-electron chi connectivity index (χ0n) is 14.6. The number of nitrogens with zero attached hydrogens (tertiary/aromatic N) is 4. The zero-order chi connectivity index (χ0) is 18.3. The first-order valence-corrected chi connectivity index (χ1v) is 9.14. The lowest BCUT2D eigenvalue weighted by Crippen LogP contribution is -2.23. The molecule has 0 fully saturated rings. The van der Waals surface area contributed by atoms with Crippen LogP contribution >= 0.6 is 23.2 Å². The summed E-state index contributed by atoms with van der Waals surface area (Å²) in [5, 5.41) is 5.72. The molecule has 1 aliphatic rings. The van der Waals surface area contributed by atoms with Gasteiger partial charge in [0.1, 0.15) is 0 Å². The lowest BCUT2D eigenvalue weighted by Gasteiger charge is -2.23. The highest BCUT2D eigenvalue weighted by Gasteiger charge is 2.19. The summed E-state index contributed by atoms with van der Waals surface area (Å²) >= 11 is 12.1. The molecule has 132 valence electrons. The Balaban J connectivity index is 1.59. The monoisotopic (exact) mass is 384 g/mol. The summed E-state index contributed by atoms with van der Waals surface area (Å²) in [5.74, 6) is 0.893. The normalized spacial score (nSPS) is 13.2. The maximum Gasteiger partial charge on any atom is 0.162 e. The van der Waals surface area contributed by atoms with E-state index in [-0.39, 0.29) is 0 Å². The standard InChI is InChI=1S/C20H18Cl2N4/c1-13-4-3-5-19(14(13)2)26-20-16(9-24-26)11-25(12-23-20)10-15-6-7-17(21)18(22)8-15/h3-9,12H,10-11H2,1-2H3. The summed E-state index contributed by atoms with van der Waals surface area (Å²) in [6.07, 6.45) is 3.77. The van der Waals surface area contributed by atoms with Crippen molar-refractivity contribution in [1.82, 2.24) is 14.7 Å². The smallest absolute Gasteiger partial charge is 0.162 e. The van der Waals surface area contributed by atoms with Gasteiger partial charge in [0.05, 0.1) is 28.3 Å². The molecule has 0 atom stereocenters. The molecule has 0 spiro atoms. The van der Waals surface area contributed by atoms with Crippen LogP contribution in [0.4, 0.5) is 5.82 Å². The highest BCUT2D eigenvalue weighted by atomic mass is 35.5. The third-order valence-electron chi connectivity index (χ3n) is 4.71. The Morgan fingerprint density at radius 1 is 1.08 bits per heavy atom. The average Bonchev–Trinajstić information content (AvgIpc) is 3.04. The Kier molecular flexibility index (Phi) is 4.47. The van der Waals surface area contributed by atoms with Crippen molar-refractivity contribution in [3.8, 4) is 5.69 Å². The summed E-state index contributed by atoms with van der Waals surface area (Å²) in [7, 11) is 0. The van der Waals surface area contributed by atoms with Crippen molar-refractivity contribution in [3.63, 3.8) is 0 Å².